The molecule has 1 aliphatic rings. The van der Waals surface area contributed by atoms with Crippen LogP contribution in [0.5, 0.6) is 0 Å². The zero-order valence-electron chi connectivity index (χ0n) is 9.73. The first-order valence-electron chi connectivity index (χ1n) is 5.58. The fourth-order valence-electron chi connectivity index (χ4n) is 2.04. The molecule has 0 saturated carbocycles. The smallest absolute Gasteiger partial charge is 0.375 e. The SMILES string of the molecule is CCOC(=O)C(=O)C1Cc2c(Br)cccc2C1=O. The number of rotatable bonds is 3. The van der Waals surface area contributed by atoms with Gasteiger partial charge in [-0.05, 0) is 25.0 Å². The van der Waals surface area contributed by atoms with Gasteiger partial charge in [0.15, 0.2) is 5.78 Å². The van der Waals surface area contributed by atoms with Gasteiger partial charge in [0.25, 0.3) is 5.78 Å². The maximum Gasteiger partial charge on any atom is 0.375 e. The second-order valence-corrected chi connectivity index (χ2v) is 4.83. The van der Waals surface area contributed by atoms with Crippen molar-refractivity contribution in [1.29, 1.82) is 0 Å². The lowest BCUT2D eigenvalue weighted by atomic mass is 10.00. The molecule has 1 aromatic carbocycles. The number of carbonyl (C=O) groups excluding carboxylic acids is 3. The Morgan fingerprint density at radius 3 is 2.78 bits per heavy atom. The highest BCUT2D eigenvalue weighted by molar-refractivity contribution is 9.10. The average molecular weight is 311 g/mol. The van der Waals surface area contributed by atoms with E-state index in [1.807, 2.05) is 6.07 Å². The van der Waals surface area contributed by atoms with Gasteiger partial charge in [-0.1, -0.05) is 28.1 Å². The molecule has 0 saturated heterocycles. The Bertz CT molecular complexity index is 536. The normalized spacial score (nSPS) is 17.4. The van der Waals surface area contributed by atoms with Gasteiger partial charge in [-0.15, -0.1) is 0 Å². The van der Waals surface area contributed by atoms with Crippen LogP contribution in [0.2, 0.25) is 0 Å². The highest BCUT2D eigenvalue weighted by Crippen LogP contribution is 2.32. The molecule has 18 heavy (non-hydrogen) atoms. The van der Waals surface area contributed by atoms with Gasteiger partial charge >= 0.3 is 5.97 Å². The standard InChI is InChI=1S/C13H11BrO4/c1-2-18-13(17)12(16)9-6-8-7(11(9)15)4-3-5-10(8)14/h3-5,9H,2,6H2,1H3. The zero-order chi connectivity index (χ0) is 13.3. The topological polar surface area (TPSA) is 60.4 Å². The molecule has 5 heteroatoms. The van der Waals surface area contributed by atoms with Crippen molar-refractivity contribution in [3.8, 4) is 0 Å². The number of hydrogen-bond acceptors (Lipinski definition) is 4. The van der Waals surface area contributed by atoms with Crippen LogP contribution in [-0.2, 0) is 20.7 Å². The number of halogens is 1. The molecule has 1 atom stereocenters. The van der Waals surface area contributed by atoms with Gasteiger partial charge in [-0.25, -0.2) is 4.79 Å². The summed E-state index contributed by atoms with van der Waals surface area (Å²) in [5.41, 5.74) is 1.29. The quantitative estimate of drug-likeness (QED) is 0.486. The predicted molar refractivity (Wildman–Crippen MR) is 67.3 cm³/mol. The maximum atomic E-state index is 12.0. The molecule has 1 aromatic rings. The summed E-state index contributed by atoms with van der Waals surface area (Å²) in [7, 11) is 0. The maximum absolute atomic E-state index is 12.0. The van der Waals surface area contributed by atoms with Crippen molar-refractivity contribution in [3.05, 3.63) is 33.8 Å². The third kappa shape index (κ3) is 2.10. The molecular weight excluding hydrogens is 300 g/mol. The minimum Gasteiger partial charge on any atom is -0.460 e. The molecule has 1 unspecified atom stereocenters. The van der Waals surface area contributed by atoms with Crippen LogP contribution in [-0.4, -0.2) is 24.1 Å². The summed E-state index contributed by atoms with van der Waals surface area (Å²) in [6.07, 6.45) is 0.257. The Morgan fingerprint density at radius 1 is 1.44 bits per heavy atom. The van der Waals surface area contributed by atoms with Crippen molar-refractivity contribution < 1.29 is 19.1 Å². The number of hydrogen-bond donors (Lipinski definition) is 0. The Kier molecular flexibility index (Phi) is 3.61. The minimum absolute atomic E-state index is 0.127. The van der Waals surface area contributed by atoms with Crippen molar-refractivity contribution in [2.75, 3.05) is 6.61 Å². The van der Waals surface area contributed by atoms with E-state index in [-0.39, 0.29) is 18.8 Å². The van der Waals surface area contributed by atoms with Crippen LogP contribution >= 0.6 is 15.9 Å². The minimum atomic E-state index is -0.933. The number of carbonyl (C=O) groups is 3. The van der Waals surface area contributed by atoms with E-state index in [9.17, 15) is 14.4 Å². The molecular formula is C13H11BrO4. The Labute approximate surface area is 112 Å². The van der Waals surface area contributed by atoms with Crippen LogP contribution in [0, 0.1) is 5.92 Å². The largest absolute Gasteiger partial charge is 0.460 e. The van der Waals surface area contributed by atoms with E-state index in [1.165, 1.54) is 0 Å². The van der Waals surface area contributed by atoms with E-state index < -0.39 is 17.7 Å². The highest BCUT2D eigenvalue weighted by Gasteiger charge is 2.40. The van der Waals surface area contributed by atoms with Crippen molar-refractivity contribution in [3.63, 3.8) is 0 Å². The molecule has 0 N–H and O–H groups in total. The van der Waals surface area contributed by atoms with Gasteiger partial charge in [0.05, 0.1) is 12.5 Å². The molecule has 94 valence electrons. The third-order valence-electron chi connectivity index (χ3n) is 2.90. The molecule has 1 aliphatic carbocycles. The summed E-state index contributed by atoms with van der Waals surface area (Å²) in [6, 6.07) is 5.21. The summed E-state index contributed by atoms with van der Waals surface area (Å²) in [4.78, 5) is 35.2. The van der Waals surface area contributed by atoms with Crippen LogP contribution in [0.15, 0.2) is 22.7 Å². The lowest BCUT2D eigenvalue weighted by Crippen LogP contribution is -2.29. The van der Waals surface area contributed by atoms with Gasteiger partial charge in [-0.2, -0.15) is 0 Å². The zero-order valence-corrected chi connectivity index (χ0v) is 11.3. The van der Waals surface area contributed by atoms with Crippen LogP contribution in [0.25, 0.3) is 0 Å². The number of Topliss-reactive ketones (excluding diaryl/α,β-unsaturated/α-hetero) is 2. The second-order valence-electron chi connectivity index (χ2n) is 3.97. The van der Waals surface area contributed by atoms with E-state index >= 15 is 0 Å². The Morgan fingerprint density at radius 2 is 2.17 bits per heavy atom. The Balaban J connectivity index is 2.27. The molecule has 0 aliphatic heterocycles. The van der Waals surface area contributed by atoms with Crippen molar-refractivity contribution in [2.45, 2.75) is 13.3 Å². The summed E-state index contributed by atoms with van der Waals surface area (Å²) < 4.78 is 5.43. The van der Waals surface area contributed by atoms with E-state index in [1.54, 1.807) is 19.1 Å². The van der Waals surface area contributed by atoms with Crippen LogP contribution < -0.4 is 0 Å². The summed E-state index contributed by atoms with van der Waals surface area (Å²) in [5, 5.41) is 0. The van der Waals surface area contributed by atoms with E-state index in [0.717, 1.165) is 10.0 Å². The van der Waals surface area contributed by atoms with E-state index in [2.05, 4.69) is 20.7 Å². The molecule has 0 fully saturated rings. The second kappa shape index (κ2) is 5.02. The van der Waals surface area contributed by atoms with E-state index in [0.29, 0.717) is 5.56 Å². The fraction of sp³-hybridized carbons (Fsp3) is 0.308. The van der Waals surface area contributed by atoms with Gasteiger partial charge in [0.1, 0.15) is 0 Å². The summed E-state index contributed by atoms with van der Waals surface area (Å²) in [6.45, 7) is 1.75. The molecule has 0 amide bonds. The predicted octanol–water partition coefficient (Wildman–Crippen LogP) is 1.94. The van der Waals surface area contributed by atoms with Crippen LogP contribution in [0.3, 0.4) is 0 Å². The van der Waals surface area contributed by atoms with Gasteiger partial charge in [-0.3, -0.25) is 9.59 Å². The lowest BCUT2D eigenvalue weighted by Gasteiger charge is -2.05. The number of ketones is 2. The van der Waals surface area contributed by atoms with E-state index in [4.69, 9.17) is 0 Å². The van der Waals surface area contributed by atoms with Crippen molar-refractivity contribution in [1.82, 2.24) is 0 Å². The van der Waals surface area contributed by atoms with Gasteiger partial charge in [0, 0.05) is 10.0 Å². The first-order valence-corrected chi connectivity index (χ1v) is 6.38. The third-order valence-corrected chi connectivity index (χ3v) is 3.65. The number of ether oxygens (including phenoxy) is 1. The van der Waals surface area contributed by atoms with Crippen LogP contribution in [0.1, 0.15) is 22.8 Å². The average Bonchev–Trinajstić information content (AvgIpc) is 2.68. The van der Waals surface area contributed by atoms with Crippen LogP contribution in [0.4, 0.5) is 0 Å². The number of esters is 1. The highest BCUT2D eigenvalue weighted by atomic mass is 79.9. The molecule has 0 heterocycles. The van der Waals surface area contributed by atoms with Gasteiger partial charge in [0.2, 0.25) is 0 Å². The summed E-state index contributed by atoms with van der Waals surface area (Å²) in [5.74, 6) is -2.92. The first-order chi connectivity index (χ1) is 8.56. The number of fused-ring (bicyclic) bond motifs is 1. The van der Waals surface area contributed by atoms with Gasteiger partial charge < -0.3 is 4.74 Å². The van der Waals surface area contributed by atoms with Crippen molar-refractivity contribution >= 4 is 33.5 Å². The molecule has 2 rings (SSSR count). The monoisotopic (exact) mass is 310 g/mol. The molecule has 0 aromatic heterocycles. The molecule has 0 radical (unpaired) electrons. The number of benzene rings is 1. The fourth-order valence-corrected chi connectivity index (χ4v) is 2.57. The molecule has 0 spiro atoms. The lowest BCUT2D eigenvalue weighted by molar-refractivity contribution is -0.154. The Hall–Kier alpha value is -1.49. The first kappa shape index (κ1) is 13.0. The molecule has 4 nitrogen and oxygen atoms in total. The summed E-state index contributed by atoms with van der Waals surface area (Å²) >= 11 is 3.34. The molecule has 0 bridgehead atoms. The van der Waals surface area contributed by atoms with Crippen molar-refractivity contribution in [2.24, 2.45) is 5.92 Å².